The highest BCUT2D eigenvalue weighted by Gasteiger charge is 2.44. The van der Waals surface area contributed by atoms with Gasteiger partial charge in [0, 0.05) is 11.1 Å². The molecule has 0 aliphatic heterocycles. The molecule has 0 unspecified atom stereocenters. The van der Waals surface area contributed by atoms with Crippen LogP contribution in [0.1, 0.15) is 28.8 Å². The Balaban J connectivity index is 2.65. The Kier molecular flexibility index (Phi) is 2.20. The molecule has 0 atom stereocenters. The molecular formula is C10H8F3NO2. The smallest absolute Gasteiger partial charge is 0.341 e. The number of hydrogen-bond acceptors (Lipinski definition) is 2. The lowest BCUT2D eigenvalue weighted by molar-refractivity contribution is 0.0685. The highest BCUT2D eigenvalue weighted by molar-refractivity contribution is 5.88. The summed E-state index contributed by atoms with van der Waals surface area (Å²) in [7, 11) is 0. The summed E-state index contributed by atoms with van der Waals surface area (Å²) in [6.07, 6.45) is 0.852. The lowest BCUT2D eigenvalue weighted by atomic mass is 10.0. The first-order chi connectivity index (χ1) is 7.37. The van der Waals surface area contributed by atoms with Crippen LogP contribution in [-0.2, 0) is 5.54 Å². The van der Waals surface area contributed by atoms with Crippen molar-refractivity contribution in [2.75, 3.05) is 0 Å². The standard InChI is InChI=1S/C10H8F3NO2/c11-5-3-4(10(14)1-2-10)7(12)8(13)6(5)9(15)16/h3H,1-2,14H2,(H,15,16). The Morgan fingerprint density at radius 3 is 2.31 bits per heavy atom. The predicted octanol–water partition coefficient (Wildman–Crippen LogP) is 1.75. The second-order valence-corrected chi connectivity index (χ2v) is 3.87. The molecule has 16 heavy (non-hydrogen) atoms. The van der Waals surface area contributed by atoms with E-state index in [0.717, 1.165) is 0 Å². The molecule has 1 aliphatic rings. The summed E-state index contributed by atoms with van der Waals surface area (Å²) in [6, 6.07) is 0.662. The van der Waals surface area contributed by atoms with Crippen LogP contribution in [-0.4, -0.2) is 11.1 Å². The molecule has 1 saturated carbocycles. The van der Waals surface area contributed by atoms with Crippen LogP contribution in [0.3, 0.4) is 0 Å². The van der Waals surface area contributed by atoms with Crippen LogP contribution < -0.4 is 5.73 Å². The van der Waals surface area contributed by atoms with Gasteiger partial charge in [-0.3, -0.25) is 0 Å². The summed E-state index contributed by atoms with van der Waals surface area (Å²) in [4.78, 5) is 10.5. The maximum absolute atomic E-state index is 13.5. The van der Waals surface area contributed by atoms with E-state index in [4.69, 9.17) is 10.8 Å². The van der Waals surface area contributed by atoms with Crippen LogP contribution in [0, 0.1) is 17.5 Å². The van der Waals surface area contributed by atoms with E-state index in [-0.39, 0.29) is 5.56 Å². The van der Waals surface area contributed by atoms with Crippen molar-refractivity contribution < 1.29 is 23.1 Å². The molecular weight excluding hydrogens is 223 g/mol. The number of nitrogens with two attached hydrogens (primary N) is 1. The normalized spacial score (nSPS) is 17.2. The number of aromatic carboxylic acids is 1. The van der Waals surface area contributed by atoms with Gasteiger partial charge in [-0.1, -0.05) is 0 Å². The zero-order valence-corrected chi connectivity index (χ0v) is 8.06. The first-order valence-corrected chi connectivity index (χ1v) is 4.57. The molecule has 3 N–H and O–H groups in total. The zero-order valence-electron chi connectivity index (χ0n) is 8.06. The van der Waals surface area contributed by atoms with Crippen LogP contribution in [0.2, 0.25) is 0 Å². The second-order valence-electron chi connectivity index (χ2n) is 3.87. The zero-order chi connectivity index (χ0) is 12.1. The van der Waals surface area contributed by atoms with Crippen molar-refractivity contribution >= 4 is 5.97 Å². The minimum Gasteiger partial charge on any atom is -0.477 e. The first-order valence-electron chi connectivity index (χ1n) is 4.57. The molecule has 0 spiro atoms. The number of rotatable bonds is 2. The Bertz CT molecular complexity index is 483. The number of benzene rings is 1. The third-order valence-electron chi connectivity index (χ3n) is 2.70. The SMILES string of the molecule is NC1(c2cc(F)c(C(=O)O)c(F)c2F)CC1. The number of carbonyl (C=O) groups is 1. The summed E-state index contributed by atoms with van der Waals surface area (Å²) in [5.74, 6) is -6.22. The maximum Gasteiger partial charge on any atom is 0.341 e. The van der Waals surface area contributed by atoms with E-state index >= 15 is 0 Å². The lowest BCUT2D eigenvalue weighted by Gasteiger charge is -2.12. The van der Waals surface area contributed by atoms with Gasteiger partial charge in [0.1, 0.15) is 11.4 Å². The van der Waals surface area contributed by atoms with E-state index in [9.17, 15) is 18.0 Å². The minimum absolute atomic E-state index is 0.299. The van der Waals surface area contributed by atoms with E-state index in [1.165, 1.54) is 0 Å². The average molecular weight is 231 g/mol. The summed E-state index contributed by atoms with van der Waals surface area (Å²) in [6.45, 7) is 0. The highest BCUT2D eigenvalue weighted by atomic mass is 19.2. The van der Waals surface area contributed by atoms with Crippen molar-refractivity contribution in [2.24, 2.45) is 5.73 Å². The summed E-state index contributed by atoms with van der Waals surface area (Å²) in [5, 5.41) is 8.50. The van der Waals surface area contributed by atoms with Gasteiger partial charge in [-0.15, -0.1) is 0 Å². The Morgan fingerprint density at radius 1 is 1.31 bits per heavy atom. The van der Waals surface area contributed by atoms with Gasteiger partial charge in [0.05, 0.1) is 0 Å². The molecule has 0 amide bonds. The molecule has 1 aromatic carbocycles. The van der Waals surface area contributed by atoms with Gasteiger partial charge >= 0.3 is 5.97 Å². The number of hydrogen-bond donors (Lipinski definition) is 2. The van der Waals surface area contributed by atoms with E-state index in [1.807, 2.05) is 0 Å². The number of carboxylic acids is 1. The molecule has 0 aromatic heterocycles. The van der Waals surface area contributed by atoms with Gasteiger partial charge < -0.3 is 10.8 Å². The summed E-state index contributed by atoms with van der Waals surface area (Å²) >= 11 is 0. The second kappa shape index (κ2) is 3.21. The first kappa shape index (κ1) is 10.9. The highest BCUT2D eigenvalue weighted by Crippen LogP contribution is 2.44. The largest absolute Gasteiger partial charge is 0.477 e. The summed E-state index contributed by atoms with van der Waals surface area (Å²) < 4.78 is 40.0. The van der Waals surface area contributed by atoms with Gasteiger partial charge in [0.2, 0.25) is 0 Å². The van der Waals surface area contributed by atoms with Gasteiger partial charge in [0.15, 0.2) is 11.6 Å². The topological polar surface area (TPSA) is 63.3 Å². The Hall–Kier alpha value is -1.56. The van der Waals surface area contributed by atoms with Crippen molar-refractivity contribution in [3.05, 3.63) is 34.6 Å². The number of halogens is 3. The maximum atomic E-state index is 13.5. The van der Waals surface area contributed by atoms with E-state index < -0.39 is 34.5 Å². The summed E-state index contributed by atoms with van der Waals surface area (Å²) in [5.41, 5.74) is 2.97. The molecule has 0 heterocycles. The van der Waals surface area contributed by atoms with Crippen LogP contribution >= 0.6 is 0 Å². The molecule has 6 heteroatoms. The van der Waals surface area contributed by atoms with Crippen molar-refractivity contribution in [1.82, 2.24) is 0 Å². The monoisotopic (exact) mass is 231 g/mol. The fourth-order valence-corrected chi connectivity index (χ4v) is 1.56. The van der Waals surface area contributed by atoms with Crippen LogP contribution in [0.5, 0.6) is 0 Å². The number of carboxylic acid groups (broad SMARTS) is 1. The molecule has 1 aliphatic carbocycles. The van der Waals surface area contributed by atoms with Crippen molar-refractivity contribution in [1.29, 1.82) is 0 Å². The van der Waals surface area contributed by atoms with E-state index in [1.54, 1.807) is 0 Å². The third-order valence-corrected chi connectivity index (χ3v) is 2.70. The van der Waals surface area contributed by atoms with Crippen molar-refractivity contribution in [2.45, 2.75) is 18.4 Å². The Morgan fingerprint density at radius 2 is 1.88 bits per heavy atom. The predicted molar refractivity (Wildman–Crippen MR) is 48.4 cm³/mol. The van der Waals surface area contributed by atoms with Gasteiger partial charge in [0.25, 0.3) is 0 Å². The van der Waals surface area contributed by atoms with E-state index in [2.05, 4.69) is 0 Å². The third kappa shape index (κ3) is 1.46. The van der Waals surface area contributed by atoms with Crippen molar-refractivity contribution in [3.63, 3.8) is 0 Å². The van der Waals surface area contributed by atoms with E-state index in [0.29, 0.717) is 18.9 Å². The lowest BCUT2D eigenvalue weighted by Crippen LogP contribution is -2.23. The molecule has 0 saturated heterocycles. The van der Waals surface area contributed by atoms with Crippen LogP contribution in [0.15, 0.2) is 6.07 Å². The van der Waals surface area contributed by atoms with Crippen LogP contribution in [0.4, 0.5) is 13.2 Å². The molecule has 1 aromatic rings. The quantitative estimate of drug-likeness (QED) is 0.762. The molecule has 86 valence electrons. The molecule has 2 rings (SSSR count). The molecule has 3 nitrogen and oxygen atoms in total. The molecule has 0 bridgehead atoms. The fraction of sp³-hybridized carbons (Fsp3) is 0.300. The van der Waals surface area contributed by atoms with Crippen LogP contribution in [0.25, 0.3) is 0 Å². The molecule has 1 fully saturated rings. The van der Waals surface area contributed by atoms with Gasteiger partial charge in [-0.05, 0) is 18.9 Å². The Labute approximate surface area is 88.7 Å². The average Bonchev–Trinajstić information content (AvgIpc) is 2.91. The minimum atomic E-state index is -1.85. The fourth-order valence-electron chi connectivity index (χ4n) is 1.56. The van der Waals surface area contributed by atoms with Gasteiger partial charge in [-0.25, -0.2) is 18.0 Å². The van der Waals surface area contributed by atoms with Crippen molar-refractivity contribution in [3.8, 4) is 0 Å². The molecule has 0 radical (unpaired) electrons. The van der Waals surface area contributed by atoms with Gasteiger partial charge in [-0.2, -0.15) is 0 Å².